The molecule has 9 heteroatoms. The second kappa shape index (κ2) is 10.4. The van der Waals surface area contributed by atoms with E-state index >= 15 is 0 Å². The first-order valence-corrected chi connectivity index (χ1v) is 10.1. The SMILES string of the molecule is CCCCOc1ccc(C(=O)NCC(=O)OCc2nc(-c3ccsc3)no2)cc1. The Morgan fingerprint density at radius 2 is 2.03 bits per heavy atom. The van der Waals surface area contributed by atoms with E-state index in [1.165, 1.54) is 11.3 Å². The van der Waals surface area contributed by atoms with Crippen molar-refractivity contribution < 1.29 is 23.6 Å². The molecule has 0 spiro atoms. The number of nitrogens with one attached hydrogen (secondary N) is 1. The van der Waals surface area contributed by atoms with Gasteiger partial charge in [-0.3, -0.25) is 9.59 Å². The van der Waals surface area contributed by atoms with Crippen molar-refractivity contribution in [2.75, 3.05) is 13.2 Å². The topological polar surface area (TPSA) is 104 Å². The molecule has 29 heavy (non-hydrogen) atoms. The molecule has 8 nitrogen and oxygen atoms in total. The fraction of sp³-hybridized carbons (Fsp3) is 0.300. The van der Waals surface area contributed by atoms with E-state index in [0.717, 1.165) is 18.4 Å². The van der Waals surface area contributed by atoms with E-state index in [1.54, 1.807) is 24.3 Å². The van der Waals surface area contributed by atoms with Crippen LogP contribution in [0.4, 0.5) is 0 Å². The summed E-state index contributed by atoms with van der Waals surface area (Å²) in [6.45, 7) is 2.31. The molecule has 1 N–H and O–H groups in total. The van der Waals surface area contributed by atoms with Crippen molar-refractivity contribution in [1.29, 1.82) is 0 Å². The van der Waals surface area contributed by atoms with Crippen LogP contribution >= 0.6 is 11.3 Å². The maximum Gasteiger partial charge on any atom is 0.325 e. The van der Waals surface area contributed by atoms with Crippen LogP contribution in [-0.4, -0.2) is 35.2 Å². The lowest BCUT2D eigenvalue weighted by atomic mass is 10.2. The Bertz CT molecular complexity index is 922. The fourth-order valence-corrected chi connectivity index (χ4v) is 2.94. The first kappa shape index (κ1) is 20.5. The minimum Gasteiger partial charge on any atom is -0.494 e. The van der Waals surface area contributed by atoms with Gasteiger partial charge in [-0.05, 0) is 42.1 Å². The number of ether oxygens (including phenoxy) is 2. The van der Waals surface area contributed by atoms with Crippen LogP contribution in [0, 0.1) is 0 Å². The van der Waals surface area contributed by atoms with E-state index in [-0.39, 0.29) is 24.9 Å². The van der Waals surface area contributed by atoms with Crippen molar-refractivity contribution in [3.8, 4) is 17.1 Å². The van der Waals surface area contributed by atoms with Crippen LogP contribution in [0.3, 0.4) is 0 Å². The van der Waals surface area contributed by atoms with Gasteiger partial charge in [-0.25, -0.2) is 0 Å². The van der Waals surface area contributed by atoms with Crippen molar-refractivity contribution in [2.45, 2.75) is 26.4 Å². The van der Waals surface area contributed by atoms with E-state index in [1.807, 2.05) is 16.8 Å². The Hall–Kier alpha value is -3.20. The summed E-state index contributed by atoms with van der Waals surface area (Å²) in [5.41, 5.74) is 1.27. The molecule has 0 fully saturated rings. The number of thiophene rings is 1. The molecule has 0 aliphatic rings. The van der Waals surface area contributed by atoms with Gasteiger partial charge in [-0.15, -0.1) is 0 Å². The molecule has 0 radical (unpaired) electrons. The van der Waals surface area contributed by atoms with Crippen LogP contribution in [0.1, 0.15) is 36.0 Å². The molecule has 3 aromatic rings. The summed E-state index contributed by atoms with van der Waals surface area (Å²) in [5.74, 6) is 0.348. The minimum atomic E-state index is -0.604. The predicted molar refractivity (Wildman–Crippen MR) is 107 cm³/mol. The molecule has 152 valence electrons. The summed E-state index contributed by atoms with van der Waals surface area (Å²) >= 11 is 1.52. The molecule has 0 saturated carbocycles. The number of unbranched alkanes of at least 4 members (excludes halogenated alkanes) is 1. The number of aromatic nitrogens is 2. The normalized spacial score (nSPS) is 10.5. The Morgan fingerprint density at radius 3 is 2.76 bits per heavy atom. The number of amides is 1. The zero-order valence-electron chi connectivity index (χ0n) is 15.9. The van der Waals surface area contributed by atoms with Crippen molar-refractivity contribution >= 4 is 23.2 Å². The molecule has 0 aliphatic carbocycles. The quantitative estimate of drug-likeness (QED) is 0.399. The molecule has 0 bridgehead atoms. The highest BCUT2D eigenvalue weighted by Crippen LogP contribution is 2.18. The zero-order valence-corrected chi connectivity index (χ0v) is 16.7. The number of benzene rings is 1. The molecule has 0 saturated heterocycles. The molecule has 2 aromatic heterocycles. The van der Waals surface area contributed by atoms with Gasteiger partial charge in [0.05, 0.1) is 6.61 Å². The fourth-order valence-electron chi connectivity index (χ4n) is 2.31. The van der Waals surface area contributed by atoms with Crippen molar-refractivity contribution in [3.05, 3.63) is 52.5 Å². The van der Waals surface area contributed by atoms with E-state index in [0.29, 0.717) is 23.7 Å². The van der Waals surface area contributed by atoms with E-state index in [4.69, 9.17) is 14.0 Å². The first-order valence-electron chi connectivity index (χ1n) is 9.17. The summed E-state index contributed by atoms with van der Waals surface area (Å²) in [6, 6.07) is 8.61. The average Bonchev–Trinajstić information content (AvgIpc) is 3.43. The number of carbonyl (C=O) groups is 2. The van der Waals surface area contributed by atoms with Gasteiger partial charge >= 0.3 is 5.97 Å². The number of hydrogen-bond donors (Lipinski definition) is 1. The van der Waals surface area contributed by atoms with Gasteiger partial charge in [0.2, 0.25) is 5.82 Å². The Labute approximate surface area is 171 Å². The lowest BCUT2D eigenvalue weighted by Crippen LogP contribution is -2.30. The maximum atomic E-state index is 12.1. The Balaban J connectivity index is 1.40. The lowest BCUT2D eigenvalue weighted by molar-refractivity contribution is -0.144. The summed E-state index contributed by atoms with van der Waals surface area (Å²) in [4.78, 5) is 28.1. The van der Waals surface area contributed by atoms with Gasteiger partial charge < -0.3 is 19.3 Å². The molecular weight excluding hydrogens is 394 g/mol. The second-order valence-corrected chi connectivity index (χ2v) is 6.87. The smallest absolute Gasteiger partial charge is 0.325 e. The van der Waals surface area contributed by atoms with Crippen molar-refractivity contribution in [2.24, 2.45) is 0 Å². The van der Waals surface area contributed by atoms with E-state index in [2.05, 4.69) is 22.4 Å². The second-order valence-electron chi connectivity index (χ2n) is 6.09. The van der Waals surface area contributed by atoms with E-state index in [9.17, 15) is 9.59 Å². The first-order chi connectivity index (χ1) is 14.2. The maximum absolute atomic E-state index is 12.1. The van der Waals surface area contributed by atoms with Gasteiger partial charge in [0, 0.05) is 16.5 Å². The minimum absolute atomic E-state index is 0.157. The van der Waals surface area contributed by atoms with Crippen LogP contribution < -0.4 is 10.1 Å². The van der Waals surface area contributed by atoms with Crippen LogP contribution in [0.2, 0.25) is 0 Å². The largest absolute Gasteiger partial charge is 0.494 e. The van der Waals surface area contributed by atoms with E-state index < -0.39 is 5.97 Å². The van der Waals surface area contributed by atoms with Crippen LogP contribution in [-0.2, 0) is 16.1 Å². The third kappa shape index (κ3) is 6.15. The van der Waals surface area contributed by atoms with Crippen LogP contribution in [0.25, 0.3) is 11.4 Å². The standard InChI is InChI=1S/C20H21N3O5S/c1-2-3-9-26-16-6-4-14(5-7-16)20(25)21-11-18(24)27-12-17-22-19(23-28-17)15-8-10-29-13-15/h4-8,10,13H,2-3,9,11-12H2,1H3,(H,21,25). The van der Waals surface area contributed by atoms with Crippen molar-refractivity contribution in [1.82, 2.24) is 15.5 Å². The zero-order chi connectivity index (χ0) is 20.5. The van der Waals surface area contributed by atoms with Gasteiger partial charge in [0.25, 0.3) is 11.8 Å². The number of rotatable bonds is 10. The molecule has 0 aliphatic heterocycles. The molecule has 0 atom stereocenters. The third-order valence-corrected chi connectivity index (χ3v) is 4.56. The lowest BCUT2D eigenvalue weighted by Gasteiger charge is -2.07. The molecular formula is C20H21N3O5S. The number of esters is 1. The molecule has 0 unspecified atom stereocenters. The number of carbonyl (C=O) groups excluding carboxylic acids is 2. The third-order valence-electron chi connectivity index (χ3n) is 3.88. The Kier molecular flexibility index (Phi) is 7.34. The van der Waals surface area contributed by atoms with Crippen molar-refractivity contribution in [3.63, 3.8) is 0 Å². The summed E-state index contributed by atoms with van der Waals surface area (Å²) < 4.78 is 15.7. The van der Waals surface area contributed by atoms with Gasteiger partial charge in [0.1, 0.15) is 12.3 Å². The van der Waals surface area contributed by atoms with Gasteiger partial charge in [-0.2, -0.15) is 16.3 Å². The average molecular weight is 415 g/mol. The predicted octanol–water partition coefficient (Wildman–Crippen LogP) is 3.45. The van der Waals surface area contributed by atoms with Gasteiger partial charge in [0.15, 0.2) is 6.61 Å². The van der Waals surface area contributed by atoms with Crippen LogP contribution in [0.5, 0.6) is 5.75 Å². The Morgan fingerprint density at radius 1 is 1.21 bits per heavy atom. The summed E-state index contributed by atoms with van der Waals surface area (Å²) in [6.07, 6.45) is 2.03. The summed E-state index contributed by atoms with van der Waals surface area (Å²) in [5, 5.41) is 10.1. The van der Waals surface area contributed by atoms with Gasteiger partial charge in [-0.1, -0.05) is 18.5 Å². The molecule has 1 aromatic carbocycles. The van der Waals surface area contributed by atoms with Crippen LogP contribution in [0.15, 0.2) is 45.6 Å². The monoisotopic (exact) mass is 415 g/mol. The molecule has 1 amide bonds. The highest BCUT2D eigenvalue weighted by atomic mass is 32.1. The number of hydrogen-bond acceptors (Lipinski definition) is 8. The molecule has 3 rings (SSSR count). The highest BCUT2D eigenvalue weighted by Gasteiger charge is 2.13. The molecule has 2 heterocycles. The highest BCUT2D eigenvalue weighted by molar-refractivity contribution is 7.08. The summed E-state index contributed by atoms with van der Waals surface area (Å²) in [7, 11) is 0. The number of nitrogens with zero attached hydrogens (tertiary/aromatic N) is 2.